The second-order valence-corrected chi connectivity index (χ2v) is 4.98. The van der Waals surface area contributed by atoms with Crippen molar-refractivity contribution in [3.63, 3.8) is 0 Å². The van der Waals surface area contributed by atoms with E-state index >= 15 is 0 Å². The highest BCUT2D eigenvalue weighted by molar-refractivity contribution is 5.39. The molecule has 0 radical (unpaired) electrons. The Balaban J connectivity index is 1.93. The summed E-state index contributed by atoms with van der Waals surface area (Å²) in [5, 5.41) is 4.65. The van der Waals surface area contributed by atoms with Crippen molar-refractivity contribution in [2.75, 3.05) is 20.1 Å². The van der Waals surface area contributed by atoms with Crippen LogP contribution in [0.3, 0.4) is 0 Å². The minimum Gasteiger partial charge on any atom is -0.306 e. The molecule has 3 rings (SSSR count). The van der Waals surface area contributed by atoms with Crippen LogP contribution in [0.25, 0.3) is 5.65 Å². The molecule has 1 fully saturated rings. The van der Waals surface area contributed by atoms with Crippen molar-refractivity contribution in [3.8, 4) is 0 Å². The van der Waals surface area contributed by atoms with Crippen LogP contribution in [0.2, 0.25) is 0 Å². The van der Waals surface area contributed by atoms with Crippen molar-refractivity contribution in [2.45, 2.75) is 25.7 Å². The van der Waals surface area contributed by atoms with Crippen molar-refractivity contribution < 1.29 is 0 Å². The lowest BCUT2D eigenvalue weighted by atomic mass is 9.97. The number of hydrogen-bond acceptors (Lipinski definition) is 3. The molecule has 0 atom stereocenters. The van der Waals surface area contributed by atoms with E-state index in [1.807, 2.05) is 16.6 Å². The van der Waals surface area contributed by atoms with Gasteiger partial charge in [-0.25, -0.2) is 9.50 Å². The second kappa shape index (κ2) is 4.11. The van der Waals surface area contributed by atoms with Crippen molar-refractivity contribution in [3.05, 3.63) is 29.7 Å². The maximum Gasteiger partial charge on any atom is 0.155 e. The van der Waals surface area contributed by atoms with Gasteiger partial charge in [-0.05, 0) is 52.0 Å². The molecule has 4 heteroatoms. The Morgan fingerprint density at radius 1 is 1.24 bits per heavy atom. The molecule has 3 heterocycles. The van der Waals surface area contributed by atoms with Crippen LogP contribution in [0.1, 0.15) is 30.3 Å². The van der Waals surface area contributed by atoms with Crippen molar-refractivity contribution >= 4 is 5.65 Å². The second-order valence-electron chi connectivity index (χ2n) is 4.98. The van der Waals surface area contributed by atoms with Gasteiger partial charge in [-0.1, -0.05) is 6.07 Å². The van der Waals surface area contributed by atoms with Crippen molar-refractivity contribution in [1.82, 2.24) is 19.5 Å². The van der Waals surface area contributed by atoms with Crippen LogP contribution in [0, 0.1) is 6.92 Å². The Hall–Kier alpha value is -1.42. The average molecular weight is 230 g/mol. The van der Waals surface area contributed by atoms with Crippen LogP contribution < -0.4 is 0 Å². The summed E-state index contributed by atoms with van der Waals surface area (Å²) >= 11 is 0. The minimum absolute atomic E-state index is 0.533. The standard InChI is InChI=1S/C13H18N4/c1-10-4-3-5-12-14-13(15-17(10)12)11-6-8-16(2)9-7-11/h3-5,11H,6-9H2,1-2H3. The maximum absolute atomic E-state index is 4.66. The lowest BCUT2D eigenvalue weighted by Gasteiger charge is -2.26. The fraction of sp³-hybridized carbons (Fsp3) is 0.538. The van der Waals surface area contributed by atoms with Crippen LogP contribution in [0.4, 0.5) is 0 Å². The summed E-state index contributed by atoms with van der Waals surface area (Å²) in [5.74, 6) is 1.55. The number of aromatic nitrogens is 3. The largest absolute Gasteiger partial charge is 0.306 e. The highest BCUT2D eigenvalue weighted by atomic mass is 15.3. The topological polar surface area (TPSA) is 33.4 Å². The summed E-state index contributed by atoms with van der Waals surface area (Å²) in [6.45, 7) is 4.37. The van der Waals surface area contributed by atoms with E-state index in [0.29, 0.717) is 5.92 Å². The minimum atomic E-state index is 0.533. The highest BCUT2D eigenvalue weighted by Gasteiger charge is 2.22. The molecule has 4 nitrogen and oxygen atoms in total. The molecule has 0 N–H and O–H groups in total. The third kappa shape index (κ3) is 1.93. The number of rotatable bonds is 1. The molecular formula is C13H18N4. The molecule has 1 aliphatic heterocycles. The van der Waals surface area contributed by atoms with E-state index in [1.54, 1.807) is 0 Å². The molecule has 1 aliphatic rings. The predicted octanol–water partition coefficient (Wildman–Crippen LogP) is 1.85. The molecule has 2 aromatic rings. The van der Waals surface area contributed by atoms with Crippen LogP contribution in [0.15, 0.2) is 18.2 Å². The summed E-state index contributed by atoms with van der Waals surface area (Å²) in [4.78, 5) is 7.03. The van der Waals surface area contributed by atoms with Gasteiger partial charge in [0.25, 0.3) is 0 Å². The van der Waals surface area contributed by atoms with E-state index in [4.69, 9.17) is 0 Å². The van der Waals surface area contributed by atoms with Gasteiger partial charge in [0.05, 0.1) is 0 Å². The van der Waals surface area contributed by atoms with E-state index in [9.17, 15) is 0 Å². The van der Waals surface area contributed by atoms with Gasteiger partial charge in [0.2, 0.25) is 0 Å². The first-order valence-corrected chi connectivity index (χ1v) is 6.25. The number of likely N-dealkylation sites (tertiary alicyclic amines) is 1. The third-order valence-electron chi connectivity index (χ3n) is 3.65. The maximum atomic E-state index is 4.66. The normalized spacial score (nSPS) is 18.9. The number of hydrogen-bond donors (Lipinski definition) is 0. The molecule has 0 bridgehead atoms. The van der Waals surface area contributed by atoms with E-state index < -0.39 is 0 Å². The third-order valence-corrected chi connectivity index (χ3v) is 3.65. The lowest BCUT2D eigenvalue weighted by molar-refractivity contribution is 0.251. The van der Waals surface area contributed by atoms with Gasteiger partial charge in [0.1, 0.15) is 0 Å². The van der Waals surface area contributed by atoms with Gasteiger partial charge >= 0.3 is 0 Å². The van der Waals surface area contributed by atoms with E-state index in [0.717, 1.165) is 30.3 Å². The van der Waals surface area contributed by atoms with Gasteiger partial charge in [-0.2, -0.15) is 5.10 Å². The number of piperidine rings is 1. The van der Waals surface area contributed by atoms with Crippen LogP contribution in [-0.4, -0.2) is 39.6 Å². The zero-order chi connectivity index (χ0) is 11.8. The molecule has 0 spiro atoms. The molecule has 0 unspecified atom stereocenters. The highest BCUT2D eigenvalue weighted by Crippen LogP contribution is 2.25. The first-order chi connectivity index (χ1) is 8.24. The van der Waals surface area contributed by atoms with E-state index in [1.165, 1.54) is 12.8 Å². The molecule has 0 amide bonds. The number of fused-ring (bicyclic) bond motifs is 1. The van der Waals surface area contributed by atoms with Gasteiger partial charge in [-0.15, -0.1) is 0 Å². The Bertz CT molecular complexity index is 523. The summed E-state index contributed by atoms with van der Waals surface area (Å²) in [6, 6.07) is 6.14. The monoisotopic (exact) mass is 230 g/mol. The molecule has 1 saturated heterocycles. The number of nitrogens with zero attached hydrogens (tertiary/aromatic N) is 4. The first-order valence-electron chi connectivity index (χ1n) is 6.25. The molecular weight excluding hydrogens is 212 g/mol. The Morgan fingerprint density at radius 3 is 2.71 bits per heavy atom. The SMILES string of the molecule is Cc1cccc2nc(C3CCN(C)CC3)nn12. The van der Waals surface area contributed by atoms with Gasteiger partial charge in [0, 0.05) is 11.6 Å². The van der Waals surface area contributed by atoms with Gasteiger partial charge < -0.3 is 4.90 Å². The Morgan fingerprint density at radius 2 is 2.00 bits per heavy atom. The van der Waals surface area contributed by atoms with Crippen molar-refractivity contribution in [1.29, 1.82) is 0 Å². The molecule has 17 heavy (non-hydrogen) atoms. The fourth-order valence-electron chi connectivity index (χ4n) is 2.49. The van der Waals surface area contributed by atoms with E-state index in [-0.39, 0.29) is 0 Å². The van der Waals surface area contributed by atoms with E-state index in [2.05, 4.69) is 35.0 Å². The Kier molecular flexibility index (Phi) is 2.59. The molecule has 0 aromatic carbocycles. The Labute approximate surface area is 101 Å². The van der Waals surface area contributed by atoms with Gasteiger partial charge in [0.15, 0.2) is 11.5 Å². The molecule has 0 aliphatic carbocycles. The molecule has 0 saturated carbocycles. The van der Waals surface area contributed by atoms with Crippen LogP contribution in [-0.2, 0) is 0 Å². The first kappa shape index (κ1) is 10.7. The summed E-state index contributed by atoms with van der Waals surface area (Å²) < 4.78 is 1.95. The quantitative estimate of drug-likeness (QED) is 0.749. The fourth-order valence-corrected chi connectivity index (χ4v) is 2.49. The van der Waals surface area contributed by atoms with Crippen molar-refractivity contribution in [2.24, 2.45) is 0 Å². The van der Waals surface area contributed by atoms with Crippen LogP contribution in [0.5, 0.6) is 0 Å². The smallest absolute Gasteiger partial charge is 0.155 e. The summed E-state index contributed by atoms with van der Waals surface area (Å²) in [7, 11) is 2.18. The number of pyridine rings is 1. The summed E-state index contributed by atoms with van der Waals surface area (Å²) in [6.07, 6.45) is 2.35. The molecule has 90 valence electrons. The van der Waals surface area contributed by atoms with Crippen LogP contribution >= 0.6 is 0 Å². The number of aryl methyl sites for hydroxylation is 1. The zero-order valence-electron chi connectivity index (χ0n) is 10.4. The summed E-state index contributed by atoms with van der Waals surface area (Å²) in [5.41, 5.74) is 2.12. The lowest BCUT2D eigenvalue weighted by Crippen LogP contribution is -2.29. The zero-order valence-corrected chi connectivity index (χ0v) is 10.4. The average Bonchev–Trinajstić information content (AvgIpc) is 2.75. The van der Waals surface area contributed by atoms with Gasteiger partial charge in [-0.3, -0.25) is 0 Å². The molecule has 2 aromatic heterocycles. The predicted molar refractivity (Wildman–Crippen MR) is 67.2 cm³/mol.